The zero-order chi connectivity index (χ0) is 25.5. The second-order valence-electron chi connectivity index (χ2n) is 8.97. The molecule has 1 N–H and O–H groups in total. The third kappa shape index (κ3) is 4.94. The lowest BCUT2D eigenvalue weighted by Gasteiger charge is -2.41. The number of imide groups is 1. The highest BCUT2D eigenvalue weighted by atomic mass is 35.5. The van der Waals surface area contributed by atoms with E-state index < -0.39 is 17.1 Å². The van der Waals surface area contributed by atoms with Gasteiger partial charge in [0, 0.05) is 40.6 Å². The van der Waals surface area contributed by atoms with Crippen LogP contribution < -0.4 is 15.0 Å². The maximum absolute atomic E-state index is 13.0. The molecule has 0 aliphatic carbocycles. The largest absolute Gasteiger partial charge is 0.496 e. The van der Waals surface area contributed by atoms with Crippen LogP contribution in [-0.4, -0.2) is 48.2 Å². The molecule has 0 radical (unpaired) electrons. The van der Waals surface area contributed by atoms with Gasteiger partial charge in [0.2, 0.25) is 5.91 Å². The molecule has 1 saturated heterocycles. The lowest BCUT2D eigenvalue weighted by atomic mass is 9.88. The Morgan fingerprint density at radius 3 is 2.54 bits per heavy atom. The smallest absolute Gasteiger partial charge is 0.294 e. The lowest BCUT2D eigenvalue weighted by molar-refractivity contribution is -0.127. The predicted octanol–water partition coefficient (Wildman–Crippen LogP) is 5.66. The SMILES string of the molecule is COc1cc2c(cc1/C=C1/SC(=O)N(CC(=O)Nc3ccc(Cl)cc3)C1=O)C(C)=CC(C)(C)N2C. The third-order valence-electron chi connectivity index (χ3n) is 6.16. The molecule has 2 aromatic carbocycles. The third-order valence-corrected chi connectivity index (χ3v) is 7.32. The first-order valence-corrected chi connectivity index (χ1v) is 12.2. The van der Waals surface area contributed by atoms with E-state index in [4.69, 9.17) is 16.3 Å². The van der Waals surface area contributed by atoms with Crippen LogP contribution in [0.5, 0.6) is 5.75 Å². The summed E-state index contributed by atoms with van der Waals surface area (Å²) in [5.41, 5.74) is 4.23. The standard InChI is InChI=1S/C26H26ClN3O4S/c1-15-13-26(2,3)29(4)20-12-21(34-5)16(10-19(15)20)11-22-24(32)30(25(33)35-22)14-23(31)28-18-8-6-17(27)7-9-18/h6-13H,14H2,1-5H3,(H,28,31)/b22-11+. The minimum atomic E-state index is -0.517. The fraction of sp³-hybridized carbons (Fsp3) is 0.269. The normalized spacial score (nSPS) is 18.0. The van der Waals surface area contributed by atoms with Crippen molar-refractivity contribution >= 4 is 63.4 Å². The number of carbonyl (C=O) groups is 3. The molecule has 0 atom stereocenters. The molecule has 2 aromatic rings. The van der Waals surface area contributed by atoms with Crippen LogP contribution in [0.4, 0.5) is 16.2 Å². The topological polar surface area (TPSA) is 79.0 Å². The molecule has 3 amide bonds. The van der Waals surface area contributed by atoms with E-state index in [1.165, 1.54) is 0 Å². The average molecular weight is 512 g/mol. The van der Waals surface area contributed by atoms with Crippen molar-refractivity contribution in [2.24, 2.45) is 0 Å². The Kier molecular flexibility index (Phi) is 6.71. The van der Waals surface area contributed by atoms with Gasteiger partial charge in [0.15, 0.2) is 0 Å². The van der Waals surface area contributed by atoms with E-state index in [-0.39, 0.29) is 17.0 Å². The zero-order valence-electron chi connectivity index (χ0n) is 20.1. The number of thioether (sulfide) groups is 1. The summed E-state index contributed by atoms with van der Waals surface area (Å²) in [6.45, 7) is 5.95. The number of rotatable bonds is 5. The number of hydrogen-bond acceptors (Lipinski definition) is 6. The number of methoxy groups -OCH3 is 1. The Labute approximate surface area is 213 Å². The molecule has 0 aromatic heterocycles. The summed E-state index contributed by atoms with van der Waals surface area (Å²) in [4.78, 5) is 41.3. The number of amides is 3. The molecule has 0 unspecified atom stereocenters. The maximum Gasteiger partial charge on any atom is 0.294 e. The first kappa shape index (κ1) is 24.9. The van der Waals surface area contributed by atoms with Crippen LogP contribution in [0.15, 0.2) is 47.4 Å². The molecule has 2 aliphatic heterocycles. The molecule has 4 rings (SSSR count). The monoisotopic (exact) mass is 511 g/mol. The first-order chi connectivity index (χ1) is 16.5. The fourth-order valence-electron chi connectivity index (χ4n) is 4.14. The second-order valence-corrected chi connectivity index (χ2v) is 10.4. The predicted molar refractivity (Wildman–Crippen MR) is 142 cm³/mol. The van der Waals surface area contributed by atoms with Crippen LogP contribution in [0.2, 0.25) is 5.02 Å². The number of anilines is 2. The van der Waals surface area contributed by atoms with Crippen molar-refractivity contribution in [3.63, 3.8) is 0 Å². The Balaban J connectivity index is 1.58. The van der Waals surface area contributed by atoms with E-state index in [0.29, 0.717) is 22.0 Å². The highest BCUT2D eigenvalue weighted by Crippen LogP contribution is 2.42. The minimum Gasteiger partial charge on any atom is -0.496 e. The number of hydrogen-bond donors (Lipinski definition) is 1. The number of nitrogens with one attached hydrogen (secondary N) is 1. The summed E-state index contributed by atoms with van der Waals surface area (Å²) >= 11 is 6.67. The highest BCUT2D eigenvalue weighted by Gasteiger charge is 2.37. The van der Waals surface area contributed by atoms with Crippen LogP contribution in [0, 0.1) is 0 Å². The van der Waals surface area contributed by atoms with Gasteiger partial charge in [-0.1, -0.05) is 17.7 Å². The van der Waals surface area contributed by atoms with Crippen LogP contribution >= 0.6 is 23.4 Å². The van der Waals surface area contributed by atoms with Crippen LogP contribution in [0.25, 0.3) is 11.6 Å². The molecule has 182 valence electrons. The zero-order valence-corrected chi connectivity index (χ0v) is 21.7. The number of allylic oxidation sites excluding steroid dienone is 1. The van der Waals surface area contributed by atoms with Crippen LogP contribution in [0.1, 0.15) is 31.9 Å². The van der Waals surface area contributed by atoms with Gasteiger partial charge in [-0.2, -0.15) is 0 Å². The molecule has 1 fully saturated rings. The van der Waals surface area contributed by atoms with Gasteiger partial charge in [-0.15, -0.1) is 0 Å². The van der Waals surface area contributed by atoms with Gasteiger partial charge in [-0.3, -0.25) is 19.3 Å². The van der Waals surface area contributed by atoms with Gasteiger partial charge >= 0.3 is 0 Å². The van der Waals surface area contributed by atoms with Crippen molar-refractivity contribution in [2.45, 2.75) is 26.3 Å². The summed E-state index contributed by atoms with van der Waals surface area (Å²) in [6, 6.07) is 10.5. The first-order valence-electron chi connectivity index (χ1n) is 11.0. The van der Waals surface area contributed by atoms with E-state index in [2.05, 4.69) is 37.1 Å². The number of halogens is 1. The summed E-state index contributed by atoms with van der Waals surface area (Å²) < 4.78 is 5.62. The van der Waals surface area contributed by atoms with E-state index in [0.717, 1.165) is 33.5 Å². The number of fused-ring (bicyclic) bond motifs is 1. The van der Waals surface area contributed by atoms with E-state index in [1.54, 1.807) is 37.5 Å². The van der Waals surface area contributed by atoms with Crippen LogP contribution in [0.3, 0.4) is 0 Å². The van der Waals surface area contributed by atoms with Gasteiger partial charge < -0.3 is 15.0 Å². The number of benzene rings is 2. The number of carbonyl (C=O) groups excluding carboxylic acids is 3. The maximum atomic E-state index is 13.0. The van der Waals surface area contributed by atoms with Gasteiger partial charge in [0.05, 0.1) is 17.6 Å². The van der Waals surface area contributed by atoms with Crippen molar-refractivity contribution in [3.05, 3.63) is 63.5 Å². The molecule has 2 aliphatic rings. The van der Waals surface area contributed by atoms with Gasteiger partial charge in [-0.05, 0) is 74.5 Å². The Morgan fingerprint density at radius 2 is 1.89 bits per heavy atom. The van der Waals surface area contributed by atoms with Crippen molar-refractivity contribution < 1.29 is 19.1 Å². The summed E-state index contributed by atoms with van der Waals surface area (Å²) in [5.74, 6) is -0.404. The Morgan fingerprint density at radius 1 is 1.20 bits per heavy atom. The number of ether oxygens (including phenoxy) is 1. The molecule has 0 saturated carbocycles. The molecule has 7 nitrogen and oxygen atoms in total. The molecule has 2 heterocycles. The van der Waals surface area contributed by atoms with Crippen molar-refractivity contribution in [3.8, 4) is 5.75 Å². The van der Waals surface area contributed by atoms with E-state index >= 15 is 0 Å². The molecular formula is C26H26ClN3O4S. The number of nitrogens with zero attached hydrogens (tertiary/aromatic N) is 2. The Bertz CT molecular complexity index is 1280. The number of likely N-dealkylation sites (N-methyl/N-ethyl adjacent to an activating group) is 1. The molecular weight excluding hydrogens is 486 g/mol. The Hall–Kier alpha value is -3.23. The van der Waals surface area contributed by atoms with Crippen molar-refractivity contribution in [2.75, 3.05) is 30.9 Å². The van der Waals surface area contributed by atoms with Crippen LogP contribution in [-0.2, 0) is 9.59 Å². The van der Waals surface area contributed by atoms with Gasteiger partial charge in [0.1, 0.15) is 12.3 Å². The minimum absolute atomic E-state index is 0.154. The summed E-state index contributed by atoms with van der Waals surface area (Å²) in [5, 5.41) is 2.71. The highest BCUT2D eigenvalue weighted by molar-refractivity contribution is 8.18. The van der Waals surface area contributed by atoms with Gasteiger partial charge in [-0.25, -0.2) is 0 Å². The van der Waals surface area contributed by atoms with Gasteiger partial charge in [0.25, 0.3) is 11.1 Å². The van der Waals surface area contributed by atoms with E-state index in [9.17, 15) is 14.4 Å². The summed E-state index contributed by atoms with van der Waals surface area (Å²) in [6.07, 6.45) is 3.84. The van der Waals surface area contributed by atoms with Crippen molar-refractivity contribution in [1.82, 2.24) is 4.90 Å². The quantitative estimate of drug-likeness (QED) is 0.522. The average Bonchev–Trinajstić information content (AvgIpc) is 3.06. The molecule has 0 spiro atoms. The molecule has 9 heteroatoms. The lowest BCUT2D eigenvalue weighted by Crippen LogP contribution is -2.42. The molecule has 35 heavy (non-hydrogen) atoms. The second kappa shape index (κ2) is 9.43. The summed E-state index contributed by atoms with van der Waals surface area (Å²) in [7, 11) is 3.60. The van der Waals surface area contributed by atoms with Crippen molar-refractivity contribution in [1.29, 1.82) is 0 Å². The molecule has 0 bridgehead atoms. The fourth-order valence-corrected chi connectivity index (χ4v) is 5.09. The van der Waals surface area contributed by atoms with E-state index in [1.807, 2.05) is 19.2 Å².